The summed E-state index contributed by atoms with van der Waals surface area (Å²) in [7, 11) is 1.64. The molecule has 2 atom stereocenters. The number of nitrogens with zero attached hydrogens (tertiary/aromatic N) is 1. The van der Waals surface area contributed by atoms with Gasteiger partial charge in [0.2, 0.25) is 5.91 Å². The van der Waals surface area contributed by atoms with Gasteiger partial charge < -0.3 is 15.0 Å². The maximum absolute atomic E-state index is 11.8. The fourth-order valence-corrected chi connectivity index (χ4v) is 2.52. The SMILES string of the molecule is COCCC(=O)N1CCC2CCC(C1)N2.Cl. The third-order valence-electron chi connectivity index (χ3n) is 3.40. The lowest BCUT2D eigenvalue weighted by Gasteiger charge is -2.24. The molecule has 2 saturated heterocycles. The van der Waals surface area contributed by atoms with Crippen LogP contribution in [0.2, 0.25) is 0 Å². The average Bonchev–Trinajstić information content (AvgIpc) is 2.55. The van der Waals surface area contributed by atoms with Crippen molar-refractivity contribution >= 4 is 18.3 Å². The van der Waals surface area contributed by atoms with Crippen LogP contribution in [0.1, 0.15) is 25.7 Å². The number of hydrogen-bond acceptors (Lipinski definition) is 3. The zero-order valence-corrected chi connectivity index (χ0v) is 10.6. The number of fused-ring (bicyclic) bond motifs is 2. The van der Waals surface area contributed by atoms with Gasteiger partial charge in [-0.1, -0.05) is 0 Å². The van der Waals surface area contributed by atoms with Gasteiger partial charge in [-0.25, -0.2) is 0 Å². The van der Waals surface area contributed by atoms with Crippen LogP contribution in [0.25, 0.3) is 0 Å². The highest BCUT2D eigenvalue weighted by molar-refractivity contribution is 5.85. The van der Waals surface area contributed by atoms with Crippen LogP contribution in [0.15, 0.2) is 0 Å². The highest BCUT2D eigenvalue weighted by atomic mass is 35.5. The average molecular weight is 249 g/mol. The number of methoxy groups -OCH3 is 1. The Morgan fingerprint density at radius 2 is 2.12 bits per heavy atom. The highest BCUT2D eigenvalue weighted by Crippen LogP contribution is 2.20. The molecule has 4 nitrogen and oxygen atoms in total. The first kappa shape index (κ1) is 13.7. The second kappa shape index (κ2) is 6.42. The van der Waals surface area contributed by atoms with Gasteiger partial charge in [0.1, 0.15) is 0 Å². The van der Waals surface area contributed by atoms with Crippen molar-refractivity contribution in [2.75, 3.05) is 26.8 Å². The lowest BCUT2D eigenvalue weighted by molar-refractivity contribution is -0.132. The number of halogens is 1. The zero-order valence-electron chi connectivity index (χ0n) is 9.78. The predicted octanol–water partition coefficient (Wildman–Crippen LogP) is 0.798. The maximum atomic E-state index is 11.8. The molecule has 2 fully saturated rings. The number of ether oxygens (including phenoxy) is 1. The Hall–Kier alpha value is -0.320. The summed E-state index contributed by atoms with van der Waals surface area (Å²) in [5.74, 6) is 0.242. The van der Waals surface area contributed by atoms with Crippen LogP contribution >= 0.6 is 12.4 Å². The van der Waals surface area contributed by atoms with Crippen molar-refractivity contribution in [1.82, 2.24) is 10.2 Å². The molecular formula is C11H21ClN2O2. The van der Waals surface area contributed by atoms with Crippen LogP contribution < -0.4 is 5.32 Å². The Bertz CT molecular complexity index is 238. The van der Waals surface area contributed by atoms with Crippen LogP contribution in [0.5, 0.6) is 0 Å². The fourth-order valence-electron chi connectivity index (χ4n) is 2.52. The largest absolute Gasteiger partial charge is 0.384 e. The molecule has 2 bridgehead atoms. The van der Waals surface area contributed by atoms with E-state index in [-0.39, 0.29) is 18.3 Å². The minimum Gasteiger partial charge on any atom is -0.384 e. The molecule has 0 saturated carbocycles. The van der Waals surface area contributed by atoms with Gasteiger partial charge in [-0.3, -0.25) is 4.79 Å². The molecule has 0 aromatic rings. The molecule has 0 aliphatic carbocycles. The summed E-state index contributed by atoms with van der Waals surface area (Å²) in [6.07, 6.45) is 4.13. The van der Waals surface area contributed by atoms with Gasteiger partial charge in [-0.2, -0.15) is 0 Å². The summed E-state index contributed by atoms with van der Waals surface area (Å²) in [5.41, 5.74) is 0. The van der Waals surface area contributed by atoms with Gasteiger partial charge in [0.05, 0.1) is 13.0 Å². The van der Waals surface area contributed by atoms with Crippen molar-refractivity contribution in [3.05, 3.63) is 0 Å². The van der Waals surface area contributed by atoms with Crippen LogP contribution in [0, 0.1) is 0 Å². The molecule has 0 radical (unpaired) electrons. The fraction of sp³-hybridized carbons (Fsp3) is 0.909. The number of carbonyl (C=O) groups excluding carboxylic acids is 1. The van der Waals surface area contributed by atoms with E-state index < -0.39 is 0 Å². The molecule has 2 heterocycles. The summed E-state index contributed by atoms with van der Waals surface area (Å²) < 4.78 is 4.93. The summed E-state index contributed by atoms with van der Waals surface area (Å²) in [5, 5.41) is 3.57. The van der Waals surface area contributed by atoms with Gasteiger partial charge in [-0.05, 0) is 19.3 Å². The van der Waals surface area contributed by atoms with E-state index in [0.29, 0.717) is 25.1 Å². The number of amides is 1. The number of rotatable bonds is 3. The molecule has 0 aromatic carbocycles. The normalized spacial score (nSPS) is 28.4. The molecule has 5 heteroatoms. The summed E-state index contributed by atoms with van der Waals surface area (Å²) in [4.78, 5) is 13.8. The minimum absolute atomic E-state index is 0. The minimum atomic E-state index is 0. The molecule has 2 aliphatic rings. The first-order valence-electron chi connectivity index (χ1n) is 5.82. The second-order valence-electron chi connectivity index (χ2n) is 4.51. The van der Waals surface area contributed by atoms with Crippen LogP contribution in [-0.2, 0) is 9.53 Å². The third-order valence-corrected chi connectivity index (χ3v) is 3.40. The predicted molar refractivity (Wildman–Crippen MR) is 64.9 cm³/mol. The Morgan fingerprint density at radius 3 is 2.88 bits per heavy atom. The van der Waals surface area contributed by atoms with Crippen LogP contribution in [0.3, 0.4) is 0 Å². The Kier molecular flexibility index (Phi) is 5.52. The van der Waals surface area contributed by atoms with Crippen LogP contribution in [0.4, 0.5) is 0 Å². The van der Waals surface area contributed by atoms with Crippen molar-refractivity contribution in [2.24, 2.45) is 0 Å². The van der Waals surface area contributed by atoms with Gasteiger partial charge in [0.25, 0.3) is 0 Å². The Morgan fingerprint density at radius 1 is 1.38 bits per heavy atom. The molecule has 2 unspecified atom stereocenters. The Labute approximate surface area is 103 Å². The lowest BCUT2D eigenvalue weighted by Crippen LogP contribution is -2.39. The summed E-state index contributed by atoms with van der Waals surface area (Å²) >= 11 is 0. The van der Waals surface area contributed by atoms with E-state index in [4.69, 9.17) is 4.74 Å². The topological polar surface area (TPSA) is 41.6 Å². The summed E-state index contributed by atoms with van der Waals surface area (Å²) in [6.45, 7) is 2.34. The molecular weight excluding hydrogens is 228 g/mol. The second-order valence-corrected chi connectivity index (χ2v) is 4.51. The van der Waals surface area contributed by atoms with Gasteiger partial charge in [0, 0.05) is 32.3 Å². The number of likely N-dealkylation sites (tertiary alicyclic amines) is 1. The van der Waals surface area contributed by atoms with Crippen molar-refractivity contribution < 1.29 is 9.53 Å². The standard InChI is InChI=1S/C11H20N2O2.ClH/c1-15-7-5-11(14)13-6-4-9-2-3-10(8-13)12-9;/h9-10,12H,2-8H2,1H3;1H. The number of nitrogens with one attached hydrogen (secondary N) is 1. The van der Waals surface area contributed by atoms with Crippen molar-refractivity contribution in [2.45, 2.75) is 37.8 Å². The quantitative estimate of drug-likeness (QED) is 0.803. The monoisotopic (exact) mass is 248 g/mol. The first-order valence-corrected chi connectivity index (χ1v) is 5.82. The molecule has 16 heavy (non-hydrogen) atoms. The summed E-state index contributed by atoms with van der Waals surface area (Å²) in [6, 6.07) is 1.18. The van der Waals surface area contributed by atoms with E-state index in [9.17, 15) is 4.79 Å². The van der Waals surface area contributed by atoms with Gasteiger partial charge in [-0.15, -0.1) is 12.4 Å². The third kappa shape index (κ3) is 3.34. The highest BCUT2D eigenvalue weighted by Gasteiger charge is 2.30. The van der Waals surface area contributed by atoms with E-state index in [2.05, 4.69) is 5.32 Å². The van der Waals surface area contributed by atoms with Crippen molar-refractivity contribution in [3.63, 3.8) is 0 Å². The zero-order chi connectivity index (χ0) is 10.7. The van der Waals surface area contributed by atoms with Crippen molar-refractivity contribution in [3.8, 4) is 0 Å². The van der Waals surface area contributed by atoms with E-state index in [1.54, 1.807) is 7.11 Å². The van der Waals surface area contributed by atoms with Crippen LogP contribution in [-0.4, -0.2) is 49.7 Å². The smallest absolute Gasteiger partial charge is 0.224 e. The molecule has 0 aromatic heterocycles. The van der Waals surface area contributed by atoms with E-state index in [1.165, 1.54) is 12.8 Å². The van der Waals surface area contributed by atoms with E-state index in [1.807, 2.05) is 4.90 Å². The van der Waals surface area contributed by atoms with E-state index in [0.717, 1.165) is 19.5 Å². The molecule has 94 valence electrons. The Balaban J connectivity index is 0.00000128. The van der Waals surface area contributed by atoms with Gasteiger partial charge in [0.15, 0.2) is 0 Å². The molecule has 1 amide bonds. The van der Waals surface area contributed by atoms with Gasteiger partial charge >= 0.3 is 0 Å². The number of carbonyl (C=O) groups is 1. The number of hydrogen-bond donors (Lipinski definition) is 1. The maximum Gasteiger partial charge on any atom is 0.224 e. The first-order chi connectivity index (χ1) is 7.29. The van der Waals surface area contributed by atoms with Crippen molar-refractivity contribution in [1.29, 1.82) is 0 Å². The molecule has 2 rings (SSSR count). The molecule has 2 aliphatic heterocycles. The lowest BCUT2D eigenvalue weighted by atomic mass is 10.1. The molecule has 1 N–H and O–H groups in total. The van der Waals surface area contributed by atoms with E-state index >= 15 is 0 Å². The molecule has 0 spiro atoms.